The van der Waals surface area contributed by atoms with Crippen molar-refractivity contribution in [3.8, 4) is 0 Å². The number of aryl methyl sites for hydroxylation is 1. The molecule has 2 nitrogen and oxygen atoms in total. The lowest BCUT2D eigenvalue weighted by Crippen LogP contribution is -3.00. The summed E-state index contributed by atoms with van der Waals surface area (Å²) in [5, 5.41) is 0. The molecule has 0 saturated carbocycles. The van der Waals surface area contributed by atoms with Crippen LogP contribution < -0.4 is 22.9 Å². The summed E-state index contributed by atoms with van der Waals surface area (Å²) < 4.78 is 0. The molecule has 0 spiro atoms. The summed E-state index contributed by atoms with van der Waals surface area (Å²) in [7, 11) is 0. The fourth-order valence-corrected chi connectivity index (χ4v) is 1.02. The van der Waals surface area contributed by atoms with Gasteiger partial charge in [-0.1, -0.05) is 30.3 Å². The fourth-order valence-electron chi connectivity index (χ4n) is 1.02. The number of hydrogen-bond donors (Lipinski definition) is 1. The lowest BCUT2D eigenvalue weighted by Gasteiger charge is -1.97. The van der Waals surface area contributed by atoms with Crippen LogP contribution in [-0.2, 0) is 11.3 Å². The Labute approximate surface area is 83.4 Å². The van der Waals surface area contributed by atoms with Crippen LogP contribution in [0.4, 0.5) is 0 Å². The number of benzene rings is 1. The van der Waals surface area contributed by atoms with E-state index >= 15 is 0 Å². The summed E-state index contributed by atoms with van der Waals surface area (Å²) in [5.74, 6) is 3.32. The minimum absolute atomic E-state index is 0. The topological polar surface area (TPSA) is 36.9 Å². The van der Waals surface area contributed by atoms with Crippen molar-refractivity contribution in [2.45, 2.75) is 12.8 Å². The van der Waals surface area contributed by atoms with Gasteiger partial charge in [0, 0.05) is 0 Å². The summed E-state index contributed by atoms with van der Waals surface area (Å²) in [6.45, 7) is 0.745. The average molecular weight is 232 g/mol. The third kappa shape index (κ3) is 4.49. The summed E-state index contributed by atoms with van der Waals surface area (Å²) in [6, 6.07) is 10.4. The molecule has 0 aliphatic rings. The molecule has 0 fully saturated rings. The zero-order chi connectivity index (χ0) is 7.94. The predicted molar refractivity (Wildman–Crippen MR) is 43.6 cm³/mol. The molecule has 0 aliphatic heterocycles. The van der Waals surface area contributed by atoms with Gasteiger partial charge in [-0.3, -0.25) is 0 Å². The van der Waals surface area contributed by atoms with E-state index in [9.17, 15) is 0 Å². The van der Waals surface area contributed by atoms with Gasteiger partial charge >= 0.3 is 0 Å². The van der Waals surface area contributed by atoms with Gasteiger partial charge in [-0.25, -0.2) is 10.7 Å². The number of rotatable bonds is 4. The van der Waals surface area contributed by atoms with Crippen molar-refractivity contribution in [1.82, 2.24) is 0 Å². The first-order chi connectivity index (χ1) is 5.43. The quantitative estimate of drug-likeness (QED) is 0.464. The molecule has 0 aromatic heterocycles. The van der Waals surface area contributed by atoms with E-state index in [-0.39, 0.29) is 17.0 Å². The highest BCUT2D eigenvalue weighted by Gasteiger charge is 1.90. The Balaban J connectivity index is 0.00000121. The van der Waals surface area contributed by atoms with E-state index in [1.54, 1.807) is 0 Å². The second-order valence-corrected chi connectivity index (χ2v) is 2.50. The summed E-state index contributed by atoms with van der Waals surface area (Å²) in [4.78, 5) is 4.71. The SMILES string of the molecule is [Br-].[NH3+]OCCCc1ccccc1. The van der Waals surface area contributed by atoms with Crippen molar-refractivity contribution >= 4 is 0 Å². The maximum Gasteiger partial charge on any atom is 0.106 e. The highest BCUT2D eigenvalue weighted by atomic mass is 79.9. The van der Waals surface area contributed by atoms with Crippen LogP contribution in [0.1, 0.15) is 12.0 Å². The molecular weight excluding hydrogens is 218 g/mol. The van der Waals surface area contributed by atoms with E-state index in [2.05, 4.69) is 30.2 Å². The van der Waals surface area contributed by atoms with Crippen LogP contribution in [-0.4, -0.2) is 6.61 Å². The Morgan fingerprint density at radius 3 is 2.42 bits per heavy atom. The van der Waals surface area contributed by atoms with Gasteiger partial charge in [0.05, 0.1) is 0 Å². The molecule has 0 radical (unpaired) electrons. The van der Waals surface area contributed by atoms with Gasteiger partial charge in [-0.05, 0) is 18.4 Å². The number of halogens is 1. The smallest absolute Gasteiger partial charge is 0.106 e. The predicted octanol–water partition coefficient (Wildman–Crippen LogP) is -2.20. The minimum atomic E-state index is 0. The monoisotopic (exact) mass is 231 g/mol. The molecule has 0 heterocycles. The van der Waals surface area contributed by atoms with E-state index in [1.165, 1.54) is 5.56 Å². The zero-order valence-electron chi connectivity index (χ0n) is 7.00. The Morgan fingerprint density at radius 1 is 1.17 bits per heavy atom. The summed E-state index contributed by atoms with van der Waals surface area (Å²) in [6.07, 6.45) is 2.13. The molecule has 0 aliphatic carbocycles. The van der Waals surface area contributed by atoms with Crippen molar-refractivity contribution in [3.63, 3.8) is 0 Å². The van der Waals surface area contributed by atoms with Crippen LogP contribution in [0.2, 0.25) is 0 Å². The van der Waals surface area contributed by atoms with Gasteiger partial charge in [-0.2, -0.15) is 0 Å². The van der Waals surface area contributed by atoms with E-state index in [1.807, 2.05) is 6.07 Å². The second kappa shape index (κ2) is 7.28. The van der Waals surface area contributed by atoms with Crippen LogP contribution in [0.25, 0.3) is 0 Å². The van der Waals surface area contributed by atoms with Gasteiger partial charge < -0.3 is 17.0 Å². The van der Waals surface area contributed by atoms with Crippen molar-refractivity contribution in [2.24, 2.45) is 0 Å². The van der Waals surface area contributed by atoms with Crippen LogP contribution in [0, 0.1) is 0 Å². The molecule has 1 aromatic carbocycles. The largest absolute Gasteiger partial charge is 1.00 e. The second-order valence-electron chi connectivity index (χ2n) is 2.50. The third-order valence-corrected chi connectivity index (χ3v) is 1.60. The molecule has 0 bridgehead atoms. The van der Waals surface area contributed by atoms with Crippen molar-refractivity contribution in [3.05, 3.63) is 35.9 Å². The fraction of sp³-hybridized carbons (Fsp3) is 0.333. The normalized spacial score (nSPS) is 9.08. The van der Waals surface area contributed by atoms with E-state index in [0.29, 0.717) is 0 Å². The maximum absolute atomic E-state index is 4.71. The summed E-state index contributed by atoms with van der Waals surface area (Å²) >= 11 is 0. The Bertz CT molecular complexity index is 191. The maximum atomic E-state index is 4.71. The first-order valence-corrected chi connectivity index (χ1v) is 3.84. The number of hydrogen-bond acceptors (Lipinski definition) is 1. The molecule has 68 valence electrons. The molecule has 3 heteroatoms. The Kier molecular flexibility index (Phi) is 7.05. The van der Waals surface area contributed by atoms with Gasteiger partial charge in [0.25, 0.3) is 0 Å². The van der Waals surface area contributed by atoms with Crippen molar-refractivity contribution < 1.29 is 27.7 Å². The molecule has 3 N–H and O–H groups in total. The molecule has 0 saturated heterocycles. The van der Waals surface area contributed by atoms with E-state index < -0.39 is 0 Å². The van der Waals surface area contributed by atoms with Crippen LogP contribution in [0.15, 0.2) is 30.3 Å². The standard InChI is InChI=1S/C9H14NO.BrH/c10-11-8-4-7-9-5-2-1-3-6-9;/h1-3,5-6H,4,7-8H2,10H3;1H/q+1;/p-1. The molecule has 1 aromatic rings. The lowest BCUT2D eigenvalue weighted by atomic mass is 10.1. The molecule has 12 heavy (non-hydrogen) atoms. The Hall–Kier alpha value is -0.380. The van der Waals surface area contributed by atoms with Gasteiger partial charge in [-0.15, -0.1) is 0 Å². The Morgan fingerprint density at radius 2 is 1.83 bits per heavy atom. The first-order valence-electron chi connectivity index (χ1n) is 3.84. The lowest BCUT2D eigenvalue weighted by molar-refractivity contribution is -0.689. The van der Waals surface area contributed by atoms with Crippen LogP contribution >= 0.6 is 0 Å². The summed E-state index contributed by atoms with van der Waals surface area (Å²) in [5.41, 5.74) is 1.37. The highest BCUT2D eigenvalue weighted by molar-refractivity contribution is 5.14. The molecule has 0 unspecified atom stereocenters. The molecular formula is C9H14BrNO. The minimum Gasteiger partial charge on any atom is -1.00 e. The van der Waals surface area contributed by atoms with Gasteiger partial charge in [0.1, 0.15) is 6.61 Å². The van der Waals surface area contributed by atoms with Gasteiger partial charge in [0.2, 0.25) is 0 Å². The first kappa shape index (κ1) is 11.6. The number of quaternary nitrogens is 1. The molecule has 0 atom stereocenters. The van der Waals surface area contributed by atoms with Crippen molar-refractivity contribution in [1.29, 1.82) is 0 Å². The van der Waals surface area contributed by atoms with E-state index in [0.717, 1.165) is 19.4 Å². The highest BCUT2D eigenvalue weighted by Crippen LogP contribution is 2.01. The van der Waals surface area contributed by atoms with Crippen LogP contribution in [0.5, 0.6) is 0 Å². The van der Waals surface area contributed by atoms with Crippen molar-refractivity contribution in [2.75, 3.05) is 6.61 Å². The van der Waals surface area contributed by atoms with Crippen LogP contribution in [0.3, 0.4) is 0 Å². The zero-order valence-corrected chi connectivity index (χ0v) is 8.59. The third-order valence-electron chi connectivity index (χ3n) is 1.60. The van der Waals surface area contributed by atoms with E-state index in [4.69, 9.17) is 4.84 Å². The molecule has 0 amide bonds. The average Bonchev–Trinajstić information content (AvgIpc) is 2.07. The van der Waals surface area contributed by atoms with Gasteiger partial charge in [0.15, 0.2) is 0 Å². The molecule has 1 rings (SSSR count).